The molecule has 2 rings (SSSR count). The quantitative estimate of drug-likeness (QED) is 0.610. The summed E-state index contributed by atoms with van der Waals surface area (Å²) >= 11 is 1.86. The number of aryl methyl sites for hydroxylation is 1. The van der Waals surface area contributed by atoms with E-state index >= 15 is 0 Å². The van der Waals surface area contributed by atoms with Gasteiger partial charge in [-0.25, -0.2) is 4.98 Å². The highest BCUT2D eigenvalue weighted by molar-refractivity contribution is 7.99. The highest BCUT2D eigenvalue weighted by atomic mass is 32.2. The predicted octanol–water partition coefficient (Wildman–Crippen LogP) is 1.55. The normalized spacial score (nSPS) is 15.7. The molecule has 1 aromatic rings. The molecule has 1 aromatic heterocycles. The van der Waals surface area contributed by atoms with Crippen molar-refractivity contribution in [3.63, 3.8) is 0 Å². The smallest absolute Gasteiger partial charge is 0.168 e. The van der Waals surface area contributed by atoms with Crippen LogP contribution >= 0.6 is 11.8 Å². The van der Waals surface area contributed by atoms with Gasteiger partial charge in [0.05, 0.1) is 0 Å². The Balaban J connectivity index is 2.44. The number of thioether (sulfide) groups is 1. The lowest BCUT2D eigenvalue weighted by atomic mass is 10.4. The van der Waals surface area contributed by atoms with Crippen LogP contribution in [-0.2, 0) is 13.0 Å². The molecule has 0 spiro atoms. The predicted molar refractivity (Wildman–Crippen MR) is 42.3 cm³/mol. The minimum absolute atomic E-state index is 1.10. The Hall–Kier alpha value is -0.440. The largest absolute Gasteiger partial charge is 0.322 e. The highest BCUT2D eigenvalue weighted by Crippen LogP contribution is 2.25. The number of aromatic nitrogens is 2. The average Bonchev–Trinajstić information content (AvgIpc) is 2.44. The van der Waals surface area contributed by atoms with Crippen LogP contribution in [0.5, 0.6) is 0 Å². The van der Waals surface area contributed by atoms with E-state index in [0.717, 1.165) is 13.0 Å². The van der Waals surface area contributed by atoms with Gasteiger partial charge in [-0.3, -0.25) is 0 Å². The van der Waals surface area contributed by atoms with Crippen molar-refractivity contribution in [2.75, 3.05) is 5.75 Å². The van der Waals surface area contributed by atoms with Gasteiger partial charge >= 0.3 is 0 Å². The molecule has 1 aliphatic rings. The molecular weight excluding hydrogens is 144 g/mol. The Morgan fingerprint density at radius 1 is 1.80 bits per heavy atom. The maximum absolute atomic E-state index is 4.29. The van der Waals surface area contributed by atoms with Crippen LogP contribution in [0.2, 0.25) is 0 Å². The van der Waals surface area contributed by atoms with Gasteiger partial charge in [-0.1, -0.05) is 18.7 Å². The summed E-state index contributed by atoms with van der Waals surface area (Å²) in [5.74, 6) is 1.20. The molecule has 0 amide bonds. The van der Waals surface area contributed by atoms with Crippen molar-refractivity contribution in [2.45, 2.75) is 25.0 Å². The van der Waals surface area contributed by atoms with Crippen LogP contribution in [0.25, 0.3) is 0 Å². The number of hydrogen-bond donors (Lipinski definition) is 0. The Morgan fingerprint density at radius 2 is 2.70 bits per heavy atom. The van der Waals surface area contributed by atoms with Crippen LogP contribution in [0.15, 0.2) is 11.4 Å². The maximum atomic E-state index is 4.29. The topological polar surface area (TPSA) is 17.8 Å². The van der Waals surface area contributed by atoms with E-state index in [-0.39, 0.29) is 0 Å². The summed E-state index contributed by atoms with van der Waals surface area (Å²) in [6.07, 6.45) is 3.09. The molecule has 0 aromatic carbocycles. The molecule has 2 nitrogen and oxygen atoms in total. The molecule has 10 heavy (non-hydrogen) atoms. The van der Waals surface area contributed by atoms with Gasteiger partial charge in [0.15, 0.2) is 5.16 Å². The van der Waals surface area contributed by atoms with Gasteiger partial charge in [-0.15, -0.1) is 0 Å². The summed E-state index contributed by atoms with van der Waals surface area (Å²) in [6.45, 7) is 3.33. The third-order valence-electron chi connectivity index (χ3n) is 1.81. The molecular formula is C7H10N2S. The zero-order valence-corrected chi connectivity index (χ0v) is 6.82. The molecule has 3 heteroatoms. The molecule has 0 fully saturated rings. The van der Waals surface area contributed by atoms with Gasteiger partial charge in [0, 0.05) is 24.2 Å². The second kappa shape index (κ2) is 2.31. The minimum Gasteiger partial charge on any atom is -0.322 e. The zero-order valence-electron chi connectivity index (χ0n) is 6.00. The third-order valence-corrected chi connectivity index (χ3v) is 2.78. The molecule has 2 heterocycles. The standard InChI is InChI=1S/C7H10N2S/c1-2-6-5-8-7-9(6)3-4-10-7/h5H,2-4H2,1H3. The van der Waals surface area contributed by atoms with Crippen LogP contribution in [-0.4, -0.2) is 15.3 Å². The van der Waals surface area contributed by atoms with E-state index in [1.165, 1.54) is 16.6 Å². The fraction of sp³-hybridized carbons (Fsp3) is 0.571. The van der Waals surface area contributed by atoms with Gasteiger partial charge in [0.2, 0.25) is 0 Å². The van der Waals surface area contributed by atoms with Crippen molar-refractivity contribution in [3.05, 3.63) is 11.9 Å². The van der Waals surface area contributed by atoms with Gasteiger partial charge in [-0.05, 0) is 6.42 Å². The van der Waals surface area contributed by atoms with Gasteiger partial charge in [0.1, 0.15) is 0 Å². The third kappa shape index (κ3) is 0.770. The maximum Gasteiger partial charge on any atom is 0.168 e. The van der Waals surface area contributed by atoms with Crippen molar-refractivity contribution in [1.82, 2.24) is 9.55 Å². The van der Waals surface area contributed by atoms with Crippen LogP contribution in [0.4, 0.5) is 0 Å². The molecule has 0 saturated carbocycles. The highest BCUT2D eigenvalue weighted by Gasteiger charge is 2.14. The average molecular weight is 154 g/mol. The van der Waals surface area contributed by atoms with E-state index < -0.39 is 0 Å². The van der Waals surface area contributed by atoms with E-state index in [0.29, 0.717) is 0 Å². The fourth-order valence-electron chi connectivity index (χ4n) is 1.26. The summed E-state index contributed by atoms with van der Waals surface area (Å²) < 4.78 is 2.31. The lowest BCUT2D eigenvalue weighted by molar-refractivity contribution is 0.682. The van der Waals surface area contributed by atoms with Crippen LogP contribution in [0, 0.1) is 0 Å². The molecule has 0 N–H and O–H groups in total. The first-order chi connectivity index (χ1) is 4.92. The molecule has 0 atom stereocenters. The van der Waals surface area contributed by atoms with Gasteiger partial charge in [-0.2, -0.15) is 0 Å². The Labute approximate surface area is 64.6 Å². The summed E-state index contributed by atoms with van der Waals surface area (Å²) in [5.41, 5.74) is 1.38. The second-order valence-corrected chi connectivity index (χ2v) is 3.45. The summed E-state index contributed by atoms with van der Waals surface area (Å²) in [4.78, 5) is 4.29. The minimum atomic E-state index is 1.10. The lowest BCUT2D eigenvalue weighted by Crippen LogP contribution is -1.97. The lowest BCUT2D eigenvalue weighted by Gasteiger charge is -1.98. The number of fused-ring (bicyclic) bond motifs is 1. The van der Waals surface area contributed by atoms with Crippen molar-refractivity contribution in [2.24, 2.45) is 0 Å². The van der Waals surface area contributed by atoms with Gasteiger partial charge < -0.3 is 4.57 Å². The van der Waals surface area contributed by atoms with Crippen LogP contribution < -0.4 is 0 Å². The first-order valence-electron chi connectivity index (χ1n) is 3.59. The molecule has 1 aliphatic heterocycles. The summed E-state index contributed by atoms with van der Waals surface area (Å²) in [6, 6.07) is 0. The van der Waals surface area contributed by atoms with Crippen LogP contribution in [0.3, 0.4) is 0 Å². The van der Waals surface area contributed by atoms with E-state index in [9.17, 15) is 0 Å². The molecule has 0 aliphatic carbocycles. The first-order valence-corrected chi connectivity index (χ1v) is 4.57. The molecule has 0 radical (unpaired) electrons. The number of imidazole rings is 1. The zero-order chi connectivity index (χ0) is 6.97. The van der Waals surface area contributed by atoms with Crippen molar-refractivity contribution < 1.29 is 0 Å². The SMILES string of the molecule is CCc1cnc2n1CCS2. The summed E-state index contributed by atoms with van der Waals surface area (Å²) in [7, 11) is 0. The van der Waals surface area contributed by atoms with E-state index in [2.05, 4.69) is 16.5 Å². The van der Waals surface area contributed by atoms with E-state index in [1.807, 2.05) is 18.0 Å². The molecule has 0 unspecified atom stereocenters. The van der Waals surface area contributed by atoms with Crippen molar-refractivity contribution in [1.29, 1.82) is 0 Å². The number of rotatable bonds is 1. The molecule has 54 valence electrons. The van der Waals surface area contributed by atoms with E-state index in [1.54, 1.807) is 0 Å². The first kappa shape index (κ1) is 6.28. The van der Waals surface area contributed by atoms with Gasteiger partial charge in [0.25, 0.3) is 0 Å². The monoisotopic (exact) mass is 154 g/mol. The fourth-order valence-corrected chi connectivity index (χ4v) is 2.20. The second-order valence-electron chi connectivity index (χ2n) is 2.39. The molecule has 0 bridgehead atoms. The van der Waals surface area contributed by atoms with Crippen molar-refractivity contribution in [3.8, 4) is 0 Å². The van der Waals surface area contributed by atoms with Crippen molar-refractivity contribution >= 4 is 11.8 Å². The Morgan fingerprint density at radius 3 is 3.50 bits per heavy atom. The number of hydrogen-bond acceptors (Lipinski definition) is 2. The Kier molecular flexibility index (Phi) is 1.45. The van der Waals surface area contributed by atoms with Crippen LogP contribution in [0.1, 0.15) is 12.6 Å². The number of nitrogens with zero attached hydrogens (tertiary/aromatic N) is 2. The Bertz CT molecular complexity index is 242. The van der Waals surface area contributed by atoms with E-state index in [4.69, 9.17) is 0 Å². The summed E-state index contributed by atoms with van der Waals surface area (Å²) in [5, 5.41) is 1.21. The molecule has 0 saturated heterocycles.